The number of aryl methyl sites for hydroxylation is 1. The van der Waals surface area contributed by atoms with E-state index in [1.807, 2.05) is 85.4 Å². The molecule has 7 nitrogen and oxygen atoms in total. The van der Waals surface area contributed by atoms with E-state index in [0.29, 0.717) is 30.3 Å². The van der Waals surface area contributed by atoms with E-state index in [2.05, 4.69) is 17.4 Å². The van der Waals surface area contributed by atoms with Gasteiger partial charge in [0, 0.05) is 50.2 Å². The van der Waals surface area contributed by atoms with Gasteiger partial charge in [-0.1, -0.05) is 24.3 Å². The van der Waals surface area contributed by atoms with Crippen molar-refractivity contribution in [3.63, 3.8) is 0 Å². The van der Waals surface area contributed by atoms with E-state index in [-0.39, 0.29) is 18.4 Å². The molecule has 1 heterocycles. The number of hydrogen-bond acceptors (Lipinski definition) is 5. The van der Waals surface area contributed by atoms with Crippen molar-refractivity contribution in [1.29, 1.82) is 0 Å². The molecule has 0 saturated carbocycles. The van der Waals surface area contributed by atoms with Gasteiger partial charge < -0.3 is 24.6 Å². The summed E-state index contributed by atoms with van der Waals surface area (Å²) in [6.07, 6.45) is 1.81. The SMILES string of the molecule is COc1cc(C(=O)N2CCC(c3ccc(NC(=O)COc4cccc(N(C)C)c4)cc3)CC2)ccc1C. The maximum Gasteiger partial charge on any atom is 0.262 e. The van der Waals surface area contributed by atoms with E-state index < -0.39 is 0 Å². The lowest BCUT2D eigenvalue weighted by Gasteiger charge is -2.32. The molecule has 7 heteroatoms. The number of anilines is 2. The predicted molar refractivity (Wildman–Crippen MR) is 147 cm³/mol. The summed E-state index contributed by atoms with van der Waals surface area (Å²) in [5.41, 5.74) is 4.65. The molecule has 1 aliphatic heterocycles. The molecular weight excluding hydrogens is 466 g/mol. The first-order valence-corrected chi connectivity index (χ1v) is 12.6. The normalized spacial score (nSPS) is 13.7. The van der Waals surface area contributed by atoms with E-state index in [9.17, 15) is 9.59 Å². The zero-order valence-electron chi connectivity index (χ0n) is 22.0. The molecule has 0 bridgehead atoms. The molecule has 2 amide bonds. The van der Waals surface area contributed by atoms with Gasteiger partial charge in [-0.25, -0.2) is 0 Å². The fourth-order valence-corrected chi connectivity index (χ4v) is 4.59. The highest BCUT2D eigenvalue weighted by Gasteiger charge is 2.25. The van der Waals surface area contributed by atoms with Crippen molar-refractivity contribution < 1.29 is 19.1 Å². The molecule has 1 saturated heterocycles. The van der Waals surface area contributed by atoms with E-state index in [4.69, 9.17) is 9.47 Å². The number of ether oxygens (including phenoxy) is 2. The summed E-state index contributed by atoms with van der Waals surface area (Å²) in [5, 5.41) is 2.90. The van der Waals surface area contributed by atoms with Crippen LogP contribution in [0.25, 0.3) is 0 Å². The Kier molecular flexibility index (Phi) is 8.33. The van der Waals surface area contributed by atoms with Crippen molar-refractivity contribution in [1.82, 2.24) is 4.90 Å². The first-order chi connectivity index (χ1) is 17.8. The van der Waals surface area contributed by atoms with Gasteiger partial charge in [-0.05, 0) is 73.2 Å². The minimum absolute atomic E-state index is 0.0467. The van der Waals surface area contributed by atoms with Crippen LogP contribution in [0.5, 0.6) is 11.5 Å². The second-order valence-electron chi connectivity index (χ2n) is 9.60. The topological polar surface area (TPSA) is 71.1 Å². The summed E-state index contributed by atoms with van der Waals surface area (Å²) in [5.74, 6) is 1.61. The van der Waals surface area contributed by atoms with Crippen molar-refractivity contribution in [2.45, 2.75) is 25.7 Å². The van der Waals surface area contributed by atoms with Gasteiger partial charge in [-0.3, -0.25) is 9.59 Å². The lowest BCUT2D eigenvalue weighted by molar-refractivity contribution is -0.118. The van der Waals surface area contributed by atoms with E-state index in [1.165, 1.54) is 5.56 Å². The second-order valence-corrected chi connectivity index (χ2v) is 9.60. The zero-order chi connectivity index (χ0) is 26.4. The highest BCUT2D eigenvalue weighted by atomic mass is 16.5. The number of hydrogen-bond donors (Lipinski definition) is 1. The molecule has 0 aliphatic carbocycles. The van der Waals surface area contributed by atoms with Crippen molar-refractivity contribution in [2.24, 2.45) is 0 Å². The van der Waals surface area contributed by atoms with Crippen LogP contribution in [-0.2, 0) is 4.79 Å². The van der Waals surface area contributed by atoms with Crippen molar-refractivity contribution in [3.8, 4) is 11.5 Å². The average Bonchev–Trinajstić information content (AvgIpc) is 2.92. The number of carbonyl (C=O) groups excluding carboxylic acids is 2. The number of rotatable bonds is 8. The number of nitrogens with zero attached hydrogens (tertiary/aromatic N) is 2. The Morgan fingerprint density at radius 2 is 1.73 bits per heavy atom. The van der Waals surface area contributed by atoms with Crippen LogP contribution >= 0.6 is 0 Å². The number of carbonyl (C=O) groups is 2. The maximum atomic E-state index is 13.0. The molecule has 37 heavy (non-hydrogen) atoms. The maximum absolute atomic E-state index is 13.0. The Bertz CT molecular complexity index is 1230. The van der Waals surface area contributed by atoms with Crippen LogP contribution in [0.15, 0.2) is 66.7 Å². The van der Waals surface area contributed by atoms with Crippen LogP contribution in [0.3, 0.4) is 0 Å². The van der Waals surface area contributed by atoms with Gasteiger partial charge in [0.05, 0.1) is 7.11 Å². The third-order valence-corrected chi connectivity index (χ3v) is 6.81. The van der Waals surface area contributed by atoms with Crippen molar-refractivity contribution >= 4 is 23.2 Å². The monoisotopic (exact) mass is 501 g/mol. The molecular formula is C30H35N3O4. The highest BCUT2D eigenvalue weighted by molar-refractivity contribution is 5.95. The van der Waals surface area contributed by atoms with Gasteiger partial charge in [0.25, 0.3) is 11.8 Å². The van der Waals surface area contributed by atoms with Gasteiger partial charge in [-0.2, -0.15) is 0 Å². The molecule has 0 atom stereocenters. The minimum Gasteiger partial charge on any atom is -0.496 e. The molecule has 194 valence electrons. The molecule has 3 aromatic rings. The quantitative estimate of drug-likeness (QED) is 0.465. The smallest absolute Gasteiger partial charge is 0.262 e. The Labute approximate surface area is 219 Å². The van der Waals surface area contributed by atoms with Gasteiger partial charge >= 0.3 is 0 Å². The van der Waals surface area contributed by atoms with Crippen molar-refractivity contribution in [3.05, 3.63) is 83.4 Å². The lowest BCUT2D eigenvalue weighted by Crippen LogP contribution is -2.37. The number of likely N-dealkylation sites (tertiary alicyclic amines) is 1. The highest BCUT2D eigenvalue weighted by Crippen LogP contribution is 2.30. The summed E-state index contributed by atoms with van der Waals surface area (Å²) >= 11 is 0. The summed E-state index contributed by atoms with van der Waals surface area (Å²) < 4.78 is 11.0. The molecule has 0 aromatic heterocycles. The van der Waals surface area contributed by atoms with Crippen LogP contribution < -0.4 is 19.7 Å². The van der Waals surface area contributed by atoms with E-state index in [1.54, 1.807) is 7.11 Å². The molecule has 0 radical (unpaired) electrons. The molecule has 0 spiro atoms. The van der Waals surface area contributed by atoms with Crippen molar-refractivity contribution in [2.75, 3.05) is 51.1 Å². The molecule has 0 unspecified atom stereocenters. The van der Waals surface area contributed by atoms with E-state index >= 15 is 0 Å². The van der Waals surface area contributed by atoms with Crippen LogP contribution in [0.4, 0.5) is 11.4 Å². The van der Waals surface area contributed by atoms with Gasteiger partial charge in [0.1, 0.15) is 11.5 Å². The summed E-state index contributed by atoms with van der Waals surface area (Å²) in [6.45, 7) is 3.33. The predicted octanol–water partition coefficient (Wildman–Crippen LogP) is 5.11. The number of nitrogens with one attached hydrogen (secondary N) is 1. The van der Waals surface area contributed by atoms with Crippen LogP contribution in [0.1, 0.15) is 40.2 Å². The fraction of sp³-hybridized carbons (Fsp3) is 0.333. The Morgan fingerprint density at radius 3 is 2.41 bits per heavy atom. The van der Waals surface area contributed by atoms with E-state index in [0.717, 1.165) is 35.5 Å². The first-order valence-electron chi connectivity index (χ1n) is 12.6. The molecule has 1 aliphatic rings. The Morgan fingerprint density at radius 1 is 1.00 bits per heavy atom. The van der Waals surface area contributed by atoms with Gasteiger partial charge in [0.15, 0.2) is 6.61 Å². The van der Waals surface area contributed by atoms with Crippen LogP contribution in [0, 0.1) is 6.92 Å². The lowest BCUT2D eigenvalue weighted by atomic mass is 9.89. The van der Waals surface area contributed by atoms with Crippen LogP contribution in [0.2, 0.25) is 0 Å². The largest absolute Gasteiger partial charge is 0.496 e. The summed E-state index contributed by atoms with van der Waals surface area (Å²) in [6, 6.07) is 21.2. The number of benzene rings is 3. The minimum atomic E-state index is -0.206. The van der Waals surface area contributed by atoms with Gasteiger partial charge in [-0.15, -0.1) is 0 Å². The van der Waals surface area contributed by atoms with Crippen LogP contribution in [-0.4, -0.2) is 57.6 Å². The standard InChI is InChI=1S/C30H35N3O4/c1-21-8-9-24(18-28(21)36-4)30(35)33-16-14-23(15-17-33)22-10-12-25(13-11-22)31-29(34)20-37-27-7-5-6-26(19-27)32(2)3/h5-13,18-19,23H,14-17,20H2,1-4H3,(H,31,34). The summed E-state index contributed by atoms with van der Waals surface area (Å²) in [4.78, 5) is 29.3. The number of methoxy groups -OCH3 is 1. The van der Waals surface area contributed by atoms with Gasteiger partial charge in [0.2, 0.25) is 0 Å². The molecule has 1 N–H and O–H groups in total. The number of piperidine rings is 1. The fourth-order valence-electron chi connectivity index (χ4n) is 4.59. The third kappa shape index (κ3) is 6.61. The summed E-state index contributed by atoms with van der Waals surface area (Å²) in [7, 11) is 5.54. The zero-order valence-corrected chi connectivity index (χ0v) is 22.0. The third-order valence-electron chi connectivity index (χ3n) is 6.81. The second kappa shape index (κ2) is 11.8. The Hall–Kier alpha value is -4.00. The molecule has 3 aromatic carbocycles. The molecule has 4 rings (SSSR count). The molecule has 1 fully saturated rings. The average molecular weight is 502 g/mol. The first kappa shape index (κ1) is 26.1. The number of amides is 2. The Balaban J connectivity index is 1.26.